The third-order valence-electron chi connectivity index (χ3n) is 1.08. The van der Waals surface area contributed by atoms with Gasteiger partial charge >= 0.3 is 11.9 Å². The van der Waals surface area contributed by atoms with Gasteiger partial charge in [0.25, 0.3) is 0 Å². The van der Waals surface area contributed by atoms with Crippen LogP contribution in [-0.2, 0) is 18.2 Å². The summed E-state index contributed by atoms with van der Waals surface area (Å²) in [6.45, 7) is 0. The van der Waals surface area contributed by atoms with Gasteiger partial charge in [0, 0.05) is 12.8 Å². The molecule has 0 bridgehead atoms. The van der Waals surface area contributed by atoms with Crippen molar-refractivity contribution in [3.8, 4) is 0 Å². The van der Waals surface area contributed by atoms with Crippen molar-refractivity contribution < 1.29 is 18.2 Å². The maximum atomic E-state index is 10.5. The third-order valence-corrected chi connectivity index (χ3v) is 1.44. The Morgan fingerprint density at radius 1 is 1.27 bits per heavy atom. The summed E-state index contributed by atoms with van der Waals surface area (Å²) < 4.78 is 8.55. The van der Waals surface area contributed by atoms with Crippen LogP contribution in [0.2, 0.25) is 0 Å². The Kier molecular flexibility index (Phi) is 5.83. The van der Waals surface area contributed by atoms with E-state index in [2.05, 4.69) is 24.8 Å². The third kappa shape index (κ3) is 5.84. The lowest BCUT2D eigenvalue weighted by Gasteiger charge is -1.96. The molecule has 0 fully saturated rings. The fraction of sp³-hybridized carbons (Fsp3) is 0.667. The van der Waals surface area contributed by atoms with Crippen molar-refractivity contribution in [2.45, 2.75) is 19.3 Å². The number of hydrogen-bond acceptors (Lipinski definition) is 4. The molecule has 0 saturated carbocycles. The van der Waals surface area contributed by atoms with E-state index in [0.29, 0.717) is 6.42 Å². The topological polar surface area (TPSA) is 52.6 Å². The first-order valence-electron chi connectivity index (χ1n) is 3.09. The van der Waals surface area contributed by atoms with Crippen LogP contribution in [0.3, 0.4) is 0 Å². The van der Waals surface area contributed by atoms with Gasteiger partial charge in [-0.25, -0.2) is 0 Å². The Bertz CT molecular complexity index is 130. The molecule has 11 heavy (non-hydrogen) atoms. The van der Waals surface area contributed by atoms with E-state index < -0.39 is 0 Å². The number of ether oxygens (including phenoxy) is 1. The van der Waals surface area contributed by atoms with Gasteiger partial charge in [-0.3, -0.25) is 9.59 Å². The minimum Gasteiger partial charge on any atom is -0.469 e. The first-order valence-corrected chi connectivity index (χ1v) is 3.73. The number of hydrogen-bond donors (Lipinski definition) is 0. The fourth-order valence-corrected chi connectivity index (χ4v) is 0.680. The van der Waals surface area contributed by atoms with Crippen LogP contribution in [0.5, 0.6) is 0 Å². The minimum absolute atomic E-state index is 0.223. The maximum Gasteiger partial charge on any atom is 0.317 e. The van der Waals surface area contributed by atoms with Gasteiger partial charge < -0.3 is 8.57 Å². The summed E-state index contributed by atoms with van der Waals surface area (Å²) >= 11 is 2.53. The molecule has 0 amide bonds. The molecule has 0 aliphatic heterocycles. The quantitative estimate of drug-likeness (QED) is 0.674. The lowest BCUT2D eigenvalue weighted by molar-refractivity contribution is -0.140. The van der Waals surface area contributed by atoms with Crippen molar-refractivity contribution in [1.82, 2.24) is 0 Å². The summed E-state index contributed by atoms with van der Waals surface area (Å²) in [5.41, 5.74) is 0. The number of rotatable bonds is 4. The van der Waals surface area contributed by atoms with Crippen molar-refractivity contribution in [3.63, 3.8) is 0 Å². The molecule has 0 aromatic carbocycles. The lowest BCUT2D eigenvalue weighted by Crippen LogP contribution is -2.02. The van der Waals surface area contributed by atoms with Crippen LogP contribution in [0.25, 0.3) is 0 Å². The summed E-state index contributed by atoms with van der Waals surface area (Å²) in [6.07, 6.45) is 0.927. The molecule has 0 aromatic rings. The summed E-state index contributed by atoms with van der Waals surface area (Å²) in [7, 11) is 1.31. The van der Waals surface area contributed by atoms with Crippen LogP contribution in [0.15, 0.2) is 0 Å². The summed E-state index contributed by atoms with van der Waals surface area (Å²) in [5.74, 6) is -0.693. The SMILES string of the molecule is COC(=O)CCCC(=O)OBr. The van der Waals surface area contributed by atoms with E-state index in [9.17, 15) is 9.59 Å². The standard InChI is InChI=1S/C6H9BrO4/c1-10-5(8)3-2-4-6(9)11-7/h2-4H2,1H3. The summed E-state index contributed by atoms with van der Waals surface area (Å²) in [5, 5.41) is 0. The molecule has 0 spiro atoms. The molecule has 0 atom stereocenters. The number of methoxy groups -OCH3 is 1. The molecule has 5 heteroatoms. The Hall–Kier alpha value is -0.580. The van der Waals surface area contributed by atoms with E-state index in [1.807, 2.05) is 0 Å². The number of carbonyl (C=O) groups is 2. The zero-order valence-corrected chi connectivity index (χ0v) is 7.72. The zero-order chi connectivity index (χ0) is 8.69. The van der Waals surface area contributed by atoms with Crippen LogP contribution < -0.4 is 0 Å². The van der Waals surface area contributed by atoms with Crippen LogP contribution in [0.1, 0.15) is 19.3 Å². The number of halogens is 1. The van der Waals surface area contributed by atoms with Gasteiger partial charge in [0.05, 0.1) is 7.11 Å². The van der Waals surface area contributed by atoms with Gasteiger partial charge in [-0.2, -0.15) is 0 Å². The van der Waals surface area contributed by atoms with Crippen LogP contribution >= 0.6 is 16.3 Å². The Morgan fingerprint density at radius 2 is 1.82 bits per heavy atom. The van der Waals surface area contributed by atoms with Crippen molar-refractivity contribution in [2.24, 2.45) is 0 Å². The van der Waals surface area contributed by atoms with Gasteiger partial charge in [-0.1, -0.05) is 0 Å². The van der Waals surface area contributed by atoms with Gasteiger partial charge in [0.1, 0.15) is 0 Å². The molecule has 64 valence electrons. The largest absolute Gasteiger partial charge is 0.469 e. The van der Waals surface area contributed by atoms with Crippen LogP contribution in [0, 0.1) is 0 Å². The van der Waals surface area contributed by atoms with E-state index in [4.69, 9.17) is 0 Å². The van der Waals surface area contributed by atoms with Gasteiger partial charge in [-0.15, -0.1) is 0 Å². The average Bonchev–Trinajstić information content (AvgIpc) is 2.04. The summed E-state index contributed by atoms with van der Waals surface area (Å²) in [4.78, 5) is 21.0. The van der Waals surface area contributed by atoms with Crippen molar-refractivity contribution in [2.75, 3.05) is 7.11 Å². The van der Waals surface area contributed by atoms with Crippen molar-refractivity contribution in [3.05, 3.63) is 0 Å². The molecule has 0 aliphatic rings. The van der Waals surface area contributed by atoms with Crippen LogP contribution in [-0.4, -0.2) is 19.0 Å². The lowest BCUT2D eigenvalue weighted by atomic mass is 10.2. The molecule has 0 radical (unpaired) electrons. The van der Waals surface area contributed by atoms with E-state index in [-0.39, 0.29) is 24.8 Å². The predicted molar refractivity (Wildman–Crippen MR) is 40.9 cm³/mol. The molecule has 0 aromatic heterocycles. The number of carbonyl (C=O) groups excluding carboxylic acids is 2. The van der Waals surface area contributed by atoms with E-state index in [0.717, 1.165) is 0 Å². The molecular weight excluding hydrogens is 216 g/mol. The molecule has 4 nitrogen and oxygen atoms in total. The first kappa shape index (κ1) is 10.4. The highest BCUT2D eigenvalue weighted by atomic mass is 79.9. The second kappa shape index (κ2) is 6.15. The zero-order valence-electron chi connectivity index (χ0n) is 6.13. The molecule has 0 rings (SSSR count). The Labute approximate surface area is 73.3 Å². The molecular formula is C6H9BrO4. The van der Waals surface area contributed by atoms with Crippen molar-refractivity contribution >= 4 is 28.2 Å². The van der Waals surface area contributed by atoms with E-state index in [1.54, 1.807) is 0 Å². The fourth-order valence-electron chi connectivity index (χ4n) is 0.518. The van der Waals surface area contributed by atoms with Gasteiger partial charge in [-0.05, 0) is 6.42 Å². The normalized spacial score (nSPS) is 8.91. The smallest absolute Gasteiger partial charge is 0.317 e. The second-order valence-electron chi connectivity index (χ2n) is 1.88. The highest BCUT2D eigenvalue weighted by molar-refractivity contribution is 9.06. The highest BCUT2D eigenvalue weighted by Crippen LogP contribution is 2.00. The van der Waals surface area contributed by atoms with E-state index in [1.165, 1.54) is 7.11 Å². The molecule has 0 heterocycles. The molecule has 0 N–H and O–H groups in total. The van der Waals surface area contributed by atoms with Crippen LogP contribution in [0.4, 0.5) is 0 Å². The molecule has 0 unspecified atom stereocenters. The maximum absolute atomic E-state index is 10.5. The average molecular weight is 225 g/mol. The molecule has 0 saturated heterocycles. The van der Waals surface area contributed by atoms with Gasteiger partial charge in [0.15, 0.2) is 16.3 Å². The highest BCUT2D eigenvalue weighted by Gasteiger charge is 2.04. The number of esters is 1. The summed E-state index contributed by atoms with van der Waals surface area (Å²) in [6, 6.07) is 0. The predicted octanol–water partition coefficient (Wildman–Crippen LogP) is 1.18. The van der Waals surface area contributed by atoms with Gasteiger partial charge in [0.2, 0.25) is 0 Å². The minimum atomic E-state index is -0.381. The monoisotopic (exact) mass is 224 g/mol. The Balaban J connectivity index is 3.27. The van der Waals surface area contributed by atoms with E-state index >= 15 is 0 Å². The molecule has 0 aliphatic carbocycles. The second-order valence-corrected chi connectivity index (χ2v) is 2.20. The first-order chi connectivity index (χ1) is 5.20. The van der Waals surface area contributed by atoms with Crippen molar-refractivity contribution in [1.29, 1.82) is 0 Å². The Morgan fingerprint density at radius 3 is 2.27 bits per heavy atom.